The second kappa shape index (κ2) is 11.6. The van der Waals surface area contributed by atoms with Gasteiger partial charge in [0.25, 0.3) is 11.5 Å². The Morgan fingerprint density at radius 1 is 1.19 bits per heavy atom. The molecule has 43 heavy (non-hydrogen) atoms. The van der Waals surface area contributed by atoms with E-state index < -0.39 is 17.6 Å². The van der Waals surface area contributed by atoms with Crippen molar-refractivity contribution in [2.24, 2.45) is 11.7 Å². The Hall–Kier alpha value is -4.62. The van der Waals surface area contributed by atoms with Crippen molar-refractivity contribution in [3.8, 4) is 22.6 Å². The van der Waals surface area contributed by atoms with Gasteiger partial charge in [-0.25, -0.2) is 9.97 Å². The highest BCUT2D eigenvalue weighted by atomic mass is 35.5. The van der Waals surface area contributed by atoms with Crippen molar-refractivity contribution >= 4 is 46.0 Å². The molecular formula is C29H30ClN7O6. The summed E-state index contributed by atoms with van der Waals surface area (Å²) in [7, 11) is 1.34. The van der Waals surface area contributed by atoms with E-state index >= 15 is 0 Å². The normalized spacial score (nSPS) is 15.1. The molecule has 2 fully saturated rings. The average Bonchev–Trinajstić information content (AvgIpc) is 3.75. The van der Waals surface area contributed by atoms with Gasteiger partial charge < -0.3 is 35.1 Å². The van der Waals surface area contributed by atoms with Gasteiger partial charge >= 0.3 is 0 Å². The van der Waals surface area contributed by atoms with Crippen LogP contribution in [0.2, 0.25) is 5.02 Å². The van der Waals surface area contributed by atoms with Crippen molar-refractivity contribution in [3.05, 3.63) is 57.9 Å². The number of methoxy groups -OCH3 is 1. The van der Waals surface area contributed by atoms with Crippen LogP contribution in [0.4, 0.5) is 11.5 Å². The van der Waals surface area contributed by atoms with E-state index in [1.165, 1.54) is 31.8 Å². The number of benzene rings is 1. The third-order valence-electron chi connectivity index (χ3n) is 7.63. The molecule has 4 N–H and O–H groups in total. The second-order valence-corrected chi connectivity index (χ2v) is 11.0. The largest absolute Gasteiger partial charge is 0.504 e. The van der Waals surface area contributed by atoms with Crippen molar-refractivity contribution in [3.63, 3.8) is 0 Å². The number of hydrogen-bond acceptors (Lipinski definition) is 9. The number of pyridine rings is 1. The van der Waals surface area contributed by atoms with Gasteiger partial charge in [-0.1, -0.05) is 11.6 Å². The van der Waals surface area contributed by atoms with Gasteiger partial charge in [0, 0.05) is 37.5 Å². The summed E-state index contributed by atoms with van der Waals surface area (Å²) in [4.78, 5) is 50.2. The zero-order valence-electron chi connectivity index (χ0n) is 23.4. The van der Waals surface area contributed by atoms with Crippen molar-refractivity contribution in [1.82, 2.24) is 19.1 Å². The molecule has 6 rings (SSSR count). The number of aromatic hydroxyl groups is 1. The number of primary amides is 1. The summed E-state index contributed by atoms with van der Waals surface area (Å²) in [6.45, 7) is 2.84. The van der Waals surface area contributed by atoms with E-state index in [2.05, 4.69) is 15.3 Å². The van der Waals surface area contributed by atoms with E-state index in [9.17, 15) is 19.5 Å². The first-order chi connectivity index (χ1) is 20.7. The summed E-state index contributed by atoms with van der Waals surface area (Å²) in [5, 5.41) is 13.8. The lowest BCUT2D eigenvalue weighted by Crippen LogP contribution is -2.36. The first kappa shape index (κ1) is 28.5. The van der Waals surface area contributed by atoms with Gasteiger partial charge in [0.05, 0.1) is 54.5 Å². The fourth-order valence-corrected chi connectivity index (χ4v) is 5.35. The predicted octanol–water partition coefficient (Wildman–Crippen LogP) is 2.61. The number of hydrogen-bond donors (Lipinski definition) is 3. The maximum absolute atomic E-state index is 13.7. The van der Waals surface area contributed by atoms with Crippen LogP contribution in [0.15, 0.2) is 41.7 Å². The maximum atomic E-state index is 13.7. The molecule has 13 nitrogen and oxygen atoms in total. The van der Waals surface area contributed by atoms with Crippen molar-refractivity contribution in [2.75, 3.05) is 43.6 Å². The summed E-state index contributed by atoms with van der Waals surface area (Å²) in [5.74, 6) is -0.588. The smallest absolute Gasteiger partial charge is 0.263 e. The number of nitrogens with two attached hydrogens (primary N) is 1. The van der Waals surface area contributed by atoms with E-state index in [-0.39, 0.29) is 39.5 Å². The van der Waals surface area contributed by atoms with E-state index in [4.69, 9.17) is 26.8 Å². The number of rotatable bonds is 9. The molecule has 3 aromatic heterocycles. The number of nitrogens with one attached hydrogen (secondary N) is 1. The molecule has 2 aliphatic rings. The Balaban J connectivity index is 1.38. The minimum absolute atomic E-state index is 0.00976. The quantitative estimate of drug-likeness (QED) is 0.259. The number of carbonyl (C=O) groups is 2. The number of halogens is 1. The number of carbonyl (C=O) groups excluding carboxylic acids is 2. The topological polar surface area (TPSA) is 167 Å². The molecule has 1 saturated carbocycles. The SMILES string of the molecule is COc1cc(-c2cn(CC(=O)Nc3cc(N4CCOCC4)ncc3Cl)c3ncn(CC4CC4)c(=O)c23)cc(C(N)=O)c1O. The molecule has 14 heteroatoms. The molecule has 0 atom stereocenters. The molecule has 4 aromatic rings. The Labute approximate surface area is 250 Å². The molecule has 1 aliphatic carbocycles. The van der Waals surface area contributed by atoms with E-state index in [0.717, 1.165) is 12.8 Å². The first-order valence-corrected chi connectivity index (χ1v) is 14.2. The standard InChI is InChI=1S/C29H30ClN7O6/c1-42-22-9-17(8-18(26(22)39)27(31)40)19-13-36(28-25(19)29(41)37(15-33-28)12-16-2-3-16)14-24(38)34-21-10-23(32-11-20(21)30)35-4-6-43-7-5-35/h8-11,13,15-16,39H,2-7,12,14H2,1H3,(H2,31,40)(H,32,34,38). The van der Waals surface area contributed by atoms with Crippen molar-refractivity contribution in [2.45, 2.75) is 25.9 Å². The number of anilines is 2. The highest BCUT2D eigenvalue weighted by Crippen LogP contribution is 2.38. The summed E-state index contributed by atoms with van der Waals surface area (Å²) in [6.07, 6.45) is 6.68. The number of morpholine rings is 1. The third-order valence-corrected chi connectivity index (χ3v) is 7.93. The first-order valence-electron chi connectivity index (χ1n) is 13.8. The van der Waals surface area contributed by atoms with Crippen molar-refractivity contribution in [1.29, 1.82) is 0 Å². The average molecular weight is 608 g/mol. The fourth-order valence-electron chi connectivity index (χ4n) is 5.20. The number of aromatic nitrogens is 4. The molecule has 1 aliphatic heterocycles. The number of ether oxygens (including phenoxy) is 2. The monoisotopic (exact) mass is 607 g/mol. The zero-order chi connectivity index (χ0) is 30.2. The lowest BCUT2D eigenvalue weighted by atomic mass is 10.0. The molecule has 0 spiro atoms. The van der Waals surface area contributed by atoms with Crippen LogP contribution in [0.5, 0.6) is 11.5 Å². The molecule has 224 valence electrons. The van der Waals surface area contributed by atoms with E-state index in [1.807, 2.05) is 4.90 Å². The van der Waals surface area contributed by atoms with Gasteiger partial charge in [-0.3, -0.25) is 19.0 Å². The molecule has 1 saturated heterocycles. The lowest BCUT2D eigenvalue weighted by molar-refractivity contribution is -0.116. The highest BCUT2D eigenvalue weighted by Gasteiger charge is 2.26. The predicted molar refractivity (Wildman–Crippen MR) is 160 cm³/mol. The Bertz CT molecular complexity index is 1790. The van der Waals surface area contributed by atoms with Crippen LogP contribution in [-0.4, -0.2) is 69.4 Å². The van der Waals surface area contributed by atoms with Gasteiger partial charge in [-0.2, -0.15) is 0 Å². The minimum Gasteiger partial charge on any atom is -0.504 e. The number of amides is 2. The number of phenols is 1. The van der Waals surface area contributed by atoms with Crippen LogP contribution in [0.3, 0.4) is 0 Å². The summed E-state index contributed by atoms with van der Waals surface area (Å²) >= 11 is 6.37. The van der Waals surface area contributed by atoms with Crippen LogP contribution in [0, 0.1) is 5.92 Å². The summed E-state index contributed by atoms with van der Waals surface area (Å²) in [6, 6.07) is 4.61. The fraction of sp³-hybridized carbons (Fsp3) is 0.345. The lowest BCUT2D eigenvalue weighted by Gasteiger charge is -2.28. The Morgan fingerprint density at radius 3 is 2.65 bits per heavy atom. The maximum Gasteiger partial charge on any atom is 0.263 e. The number of nitrogens with zero attached hydrogens (tertiary/aromatic N) is 5. The van der Waals surface area contributed by atoms with Crippen LogP contribution in [0.25, 0.3) is 22.2 Å². The number of fused-ring (bicyclic) bond motifs is 1. The molecular weight excluding hydrogens is 578 g/mol. The third kappa shape index (κ3) is 5.73. The second-order valence-electron chi connectivity index (χ2n) is 10.6. The van der Waals surface area contributed by atoms with Gasteiger partial charge in [0.1, 0.15) is 18.0 Å². The molecule has 0 bridgehead atoms. The molecule has 0 unspecified atom stereocenters. The van der Waals surface area contributed by atoms with E-state index in [1.54, 1.807) is 21.4 Å². The van der Waals surface area contributed by atoms with Gasteiger partial charge in [0.2, 0.25) is 5.91 Å². The van der Waals surface area contributed by atoms with Gasteiger partial charge in [-0.15, -0.1) is 0 Å². The van der Waals surface area contributed by atoms with Crippen molar-refractivity contribution < 1.29 is 24.2 Å². The summed E-state index contributed by atoms with van der Waals surface area (Å²) < 4.78 is 13.8. The molecule has 1 aromatic carbocycles. The van der Waals surface area contributed by atoms with Crippen LogP contribution in [0.1, 0.15) is 23.2 Å². The van der Waals surface area contributed by atoms with Gasteiger partial charge in [0.15, 0.2) is 11.5 Å². The molecule has 0 radical (unpaired) electrons. The molecule has 2 amide bonds. The van der Waals surface area contributed by atoms with Crippen LogP contribution < -0.4 is 26.2 Å². The van der Waals surface area contributed by atoms with Crippen LogP contribution >= 0.6 is 11.6 Å². The summed E-state index contributed by atoms with van der Waals surface area (Å²) in [5.41, 5.74) is 6.54. The Morgan fingerprint density at radius 2 is 1.95 bits per heavy atom. The highest BCUT2D eigenvalue weighted by molar-refractivity contribution is 6.33. The van der Waals surface area contributed by atoms with Crippen LogP contribution in [-0.2, 0) is 22.6 Å². The molecule has 4 heterocycles. The minimum atomic E-state index is -0.865. The zero-order valence-corrected chi connectivity index (χ0v) is 24.1. The Kier molecular flexibility index (Phi) is 7.67. The van der Waals surface area contributed by atoms with E-state index in [0.29, 0.717) is 61.4 Å². The van der Waals surface area contributed by atoms with Gasteiger partial charge in [-0.05, 0) is 36.5 Å².